The van der Waals surface area contributed by atoms with E-state index in [9.17, 15) is 4.79 Å². The van der Waals surface area contributed by atoms with Gasteiger partial charge in [0.25, 0.3) is 0 Å². The average Bonchev–Trinajstić information content (AvgIpc) is 2.38. The summed E-state index contributed by atoms with van der Waals surface area (Å²) in [4.78, 5) is 16.8. The summed E-state index contributed by atoms with van der Waals surface area (Å²) in [6, 6.07) is 5.47. The number of piperazine rings is 1. The van der Waals surface area contributed by atoms with E-state index < -0.39 is 5.97 Å². The van der Waals surface area contributed by atoms with E-state index in [1.807, 2.05) is 12.1 Å². The number of carboxylic acid groups (broad SMARTS) is 1. The number of aromatic nitrogens is 1. The van der Waals surface area contributed by atoms with Gasteiger partial charge >= 0.3 is 5.97 Å². The molecule has 0 amide bonds. The van der Waals surface area contributed by atoms with Gasteiger partial charge in [-0.3, -0.25) is 0 Å². The van der Waals surface area contributed by atoms with Gasteiger partial charge < -0.3 is 15.3 Å². The second kappa shape index (κ2) is 5.32. The third-order valence-corrected chi connectivity index (χ3v) is 2.47. The first kappa shape index (κ1) is 11.4. The van der Waals surface area contributed by atoms with E-state index in [1.54, 1.807) is 6.07 Å². The monoisotopic (exact) mass is 231 g/mol. The summed E-state index contributed by atoms with van der Waals surface area (Å²) in [5, 5.41) is 11.7. The van der Waals surface area contributed by atoms with E-state index in [1.165, 1.54) is 0 Å². The summed E-state index contributed by atoms with van der Waals surface area (Å²) in [6.45, 7) is 3.69. The van der Waals surface area contributed by atoms with E-state index in [4.69, 9.17) is 5.11 Å². The molecule has 2 heterocycles. The van der Waals surface area contributed by atoms with Crippen LogP contribution in [0.1, 0.15) is 5.69 Å². The first-order chi connectivity index (χ1) is 8.25. The third kappa shape index (κ3) is 3.20. The number of rotatable bonds is 1. The Morgan fingerprint density at radius 3 is 2.88 bits per heavy atom. The molecule has 1 aromatic rings. The fraction of sp³-hybridized carbons (Fsp3) is 0.333. The SMILES string of the molecule is O=C(O)C#Cc1cccc(N2CCNCC2)n1. The Kier molecular flexibility index (Phi) is 3.58. The molecular formula is C12H13N3O2. The Labute approximate surface area is 99.5 Å². The van der Waals surface area contributed by atoms with Gasteiger partial charge in [-0.1, -0.05) is 6.07 Å². The van der Waals surface area contributed by atoms with Crippen LogP contribution in [0.3, 0.4) is 0 Å². The first-order valence-corrected chi connectivity index (χ1v) is 5.43. The molecule has 1 aliphatic rings. The third-order valence-electron chi connectivity index (χ3n) is 2.47. The lowest BCUT2D eigenvalue weighted by Gasteiger charge is -2.28. The van der Waals surface area contributed by atoms with Crippen molar-refractivity contribution < 1.29 is 9.90 Å². The Morgan fingerprint density at radius 1 is 1.41 bits per heavy atom. The molecule has 0 bridgehead atoms. The molecule has 1 fully saturated rings. The predicted octanol–water partition coefficient (Wildman–Crippen LogP) is -0.0727. The zero-order valence-electron chi connectivity index (χ0n) is 9.31. The molecule has 1 aromatic heterocycles. The van der Waals surface area contributed by atoms with Crippen molar-refractivity contribution in [2.75, 3.05) is 31.1 Å². The lowest BCUT2D eigenvalue weighted by molar-refractivity contribution is -0.130. The molecule has 0 aromatic carbocycles. The van der Waals surface area contributed by atoms with Gasteiger partial charge in [-0.2, -0.15) is 0 Å². The van der Waals surface area contributed by atoms with Gasteiger partial charge in [-0.15, -0.1) is 0 Å². The number of nitrogens with one attached hydrogen (secondary N) is 1. The van der Waals surface area contributed by atoms with Gasteiger partial charge in [-0.05, 0) is 18.1 Å². The Morgan fingerprint density at radius 2 is 2.18 bits per heavy atom. The summed E-state index contributed by atoms with van der Waals surface area (Å²) in [7, 11) is 0. The molecule has 5 nitrogen and oxygen atoms in total. The maximum atomic E-state index is 10.3. The van der Waals surface area contributed by atoms with Gasteiger partial charge in [0.2, 0.25) is 0 Å². The number of nitrogens with zero attached hydrogens (tertiary/aromatic N) is 2. The second-order valence-electron chi connectivity index (χ2n) is 3.67. The van der Waals surface area contributed by atoms with Gasteiger partial charge in [0.1, 0.15) is 11.5 Å². The van der Waals surface area contributed by atoms with Gasteiger partial charge in [0.15, 0.2) is 0 Å². The van der Waals surface area contributed by atoms with Crippen molar-refractivity contribution >= 4 is 11.8 Å². The molecule has 17 heavy (non-hydrogen) atoms. The molecule has 0 aliphatic carbocycles. The van der Waals surface area contributed by atoms with Crippen LogP contribution in [0.15, 0.2) is 18.2 Å². The van der Waals surface area contributed by atoms with Crippen LogP contribution in [-0.2, 0) is 4.79 Å². The minimum Gasteiger partial charge on any atom is -0.472 e. The van der Waals surface area contributed by atoms with Crippen molar-refractivity contribution in [3.05, 3.63) is 23.9 Å². The van der Waals surface area contributed by atoms with Gasteiger partial charge in [0.05, 0.1) is 0 Å². The van der Waals surface area contributed by atoms with Crippen LogP contribution in [0.2, 0.25) is 0 Å². The smallest absolute Gasteiger partial charge is 0.382 e. The molecule has 0 spiro atoms. The fourth-order valence-corrected chi connectivity index (χ4v) is 1.68. The molecule has 5 heteroatoms. The van der Waals surface area contributed by atoms with Crippen LogP contribution >= 0.6 is 0 Å². The van der Waals surface area contributed by atoms with Crippen LogP contribution in [0.4, 0.5) is 5.82 Å². The quantitative estimate of drug-likeness (QED) is 0.662. The van der Waals surface area contributed by atoms with Crippen molar-refractivity contribution in [2.45, 2.75) is 0 Å². The second-order valence-corrected chi connectivity index (χ2v) is 3.67. The largest absolute Gasteiger partial charge is 0.472 e. The highest BCUT2D eigenvalue weighted by Gasteiger charge is 2.11. The average molecular weight is 231 g/mol. The van der Waals surface area contributed by atoms with Crippen molar-refractivity contribution in [2.24, 2.45) is 0 Å². The standard InChI is InChI=1S/C12H13N3O2/c16-12(17)5-4-10-2-1-3-11(14-10)15-8-6-13-7-9-15/h1-3,13H,6-9H2,(H,16,17). The van der Waals surface area contributed by atoms with Crippen molar-refractivity contribution in [3.63, 3.8) is 0 Å². The number of aliphatic carboxylic acids is 1. The maximum Gasteiger partial charge on any atom is 0.382 e. The number of hydrogen-bond acceptors (Lipinski definition) is 4. The number of carboxylic acids is 1. The highest BCUT2D eigenvalue weighted by atomic mass is 16.4. The molecule has 2 N–H and O–H groups in total. The summed E-state index contributed by atoms with van der Waals surface area (Å²) in [5.41, 5.74) is 0.489. The number of hydrogen-bond donors (Lipinski definition) is 2. The van der Waals surface area contributed by atoms with E-state index in [0.29, 0.717) is 5.69 Å². The van der Waals surface area contributed by atoms with E-state index in [0.717, 1.165) is 32.0 Å². The van der Waals surface area contributed by atoms with E-state index in [2.05, 4.69) is 27.0 Å². The Bertz CT molecular complexity index is 470. The molecule has 1 saturated heterocycles. The zero-order chi connectivity index (χ0) is 12.1. The highest BCUT2D eigenvalue weighted by molar-refractivity contribution is 5.87. The lowest BCUT2D eigenvalue weighted by atomic mass is 10.3. The van der Waals surface area contributed by atoms with Crippen LogP contribution < -0.4 is 10.2 Å². The topological polar surface area (TPSA) is 65.5 Å². The van der Waals surface area contributed by atoms with E-state index in [-0.39, 0.29) is 0 Å². The molecule has 0 saturated carbocycles. The molecule has 0 atom stereocenters. The van der Waals surface area contributed by atoms with Gasteiger partial charge in [-0.25, -0.2) is 9.78 Å². The molecule has 2 rings (SSSR count). The molecule has 0 radical (unpaired) electrons. The summed E-state index contributed by atoms with van der Waals surface area (Å²) < 4.78 is 0. The van der Waals surface area contributed by atoms with Crippen LogP contribution in [0.5, 0.6) is 0 Å². The first-order valence-electron chi connectivity index (χ1n) is 5.43. The van der Waals surface area contributed by atoms with E-state index >= 15 is 0 Å². The van der Waals surface area contributed by atoms with Crippen molar-refractivity contribution in [1.82, 2.24) is 10.3 Å². The number of pyridine rings is 1. The zero-order valence-corrected chi connectivity index (χ0v) is 9.31. The maximum absolute atomic E-state index is 10.3. The minimum atomic E-state index is -1.14. The summed E-state index contributed by atoms with van der Waals surface area (Å²) in [5.74, 6) is 4.30. The molecule has 88 valence electrons. The Hall–Kier alpha value is -2.06. The fourth-order valence-electron chi connectivity index (χ4n) is 1.68. The molecular weight excluding hydrogens is 218 g/mol. The van der Waals surface area contributed by atoms with Crippen LogP contribution in [0.25, 0.3) is 0 Å². The highest BCUT2D eigenvalue weighted by Crippen LogP contribution is 2.11. The predicted molar refractivity (Wildman–Crippen MR) is 63.8 cm³/mol. The van der Waals surface area contributed by atoms with Crippen molar-refractivity contribution in [3.8, 4) is 11.8 Å². The van der Waals surface area contributed by atoms with Crippen LogP contribution in [0, 0.1) is 11.8 Å². The minimum absolute atomic E-state index is 0.489. The number of carbonyl (C=O) groups is 1. The van der Waals surface area contributed by atoms with Crippen molar-refractivity contribution in [1.29, 1.82) is 0 Å². The molecule has 0 unspecified atom stereocenters. The van der Waals surface area contributed by atoms with Gasteiger partial charge in [0, 0.05) is 32.1 Å². The normalized spacial score (nSPS) is 14.9. The lowest BCUT2D eigenvalue weighted by Crippen LogP contribution is -2.43. The number of anilines is 1. The summed E-state index contributed by atoms with van der Waals surface area (Å²) in [6.07, 6.45) is 0. The Balaban J connectivity index is 2.16. The molecule has 1 aliphatic heterocycles. The summed E-state index contributed by atoms with van der Waals surface area (Å²) >= 11 is 0. The van der Waals surface area contributed by atoms with Crippen LogP contribution in [-0.4, -0.2) is 42.2 Å².